The molecule has 2 aromatic heterocycles. The summed E-state index contributed by atoms with van der Waals surface area (Å²) in [5.74, 6) is 1.20. The minimum absolute atomic E-state index is 0.00484. The van der Waals surface area contributed by atoms with Crippen molar-refractivity contribution in [2.24, 2.45) is 5.92 Å². The molecule has 3 heterocycles. The summed E-state index contributed by atoms with van der Waals surface area (Å²) in [6.07, 6.45) is 8.88. The van der Waals surface area contributed by atoms with Crippen LogP contribution in [0.3, 0.4) is 0 Å². The molecular weight excluding hydrogens is 348 g/mol. The largest absolute Gasteiger partial charge is 0.507 e. The maximum Gasteiger partial charge on any atom is 0.347 e. The first-order chi connectivity index (χ1) is 12.6. The second kappa shape index (κ2) is 6.95. The van der Waals surface area contributed by atoms with Gasteiger partial charge in [0.15, 0.2) is 0 Å². The second-order valence-electron chi connectivity index (χ2n) is 7.42. The molecule has 1 fully saturated rings. The zero-order chi connectivity index (χ0) is 18.1. The molecule has 5 heteroatoms. The van der Waals surface area contributed by atoms with E-state index in [1.807, 2.05) is 17.5 Å². The molecule has 4 nitrogen and oxygen atoms in total. The Hall–Kier alpha value is -2.01. The Morgan fingerprint density at radius 2 is 2.27 bits per heavy atom. The normalized spacial score (nSPS) is 23.1. The number of thiophene rings is 1. The Morgan fingerprint density at radius 3 is 2.85 bits per heavy atom. The highest BCUT2D eigenvalue weighted by Gasteiger charge is 2.45. The van der Waals surface area contributed by atoms with Gasteiger partial charge < -0.3 is 14.3 Å². The molecule has 0 saturated heterocycles. The van der Waals surface area contributed by atoms with Crippen molar-refractivity contribution < 1.29 is 14.3 Å². The van der Waals surface area contributed by atoms with E-state index < -0.39 is 11.2 Å². The molecule has 2 unspecified atom stereocenters. The van der Waals surface area contributed by atoms with Crippen LogP contribution in [0.5, 0.6) is 5.75 Å². The Balaban J connectivity index is 1.66. The molecule has 2 aliphatic rings. The fourth-order valence-corrected chi connectivity index (χ4v) is 4.67. The lowest BCUT2D eigenvalue weighted by Crippen LogP contribution is -2.32. The van der Waals surface area contributed by atoms with Crippen molar-refractivity contribution in [1.29, 1.82) is 0 Å². The summed E-state index contributed by atoms with van der Waals surface area (Å²) in [5.41, 5.74) is -0.946. The number of hydrogen-bond acceptors (Lipinski definition) is 5. The highest BCUT2D eigenvalue weighted by molar-refractivity contribution is 7.09. The zero-order valence-electron chi connectivity index (χ0n) is 14.9. The van der Waals surface area contributed by atoms with Gasteiger partial charge in [0.05, 0.1) is 6.26 Å². The first-order valence-electron chi connectivity index (χ1n) is 9.34. The van der Waals surface area contributed by atoms with Crippen molar-refractivity contribution in [2.75, 3.05) is 0 Å². The first kappa shape index (κ1) is 17.4. The lowest BCUT2D eigenvalue weighted by molar-refractivity contribution is 0.0210. The highest BCUT2D eigenvalue weighted by atomic mass is 32.1. The summed E-state index contributed by atoms with van der Waals surface area (Å²) in [5, 5.41) is 12.8. The van der Waals surface area contributed by atoms with E-state index in [4.69, 9.17) is 9.15 Å². The Bertz CT molecular complexity index is 837. The molecule has 1 aliphatic carbocycles. The van der Waals surface area contributed by atoms with Crippen LogP contribution in [0.2, 0.25) is 0 Å². The number of aromatic hydroxyl groups is 1. The van der Waals surface area contributed by atoms with Crippen LogP contribution >= 0.6 is 11.3 Å². The van der Waals surface area contributed by atoms with Crippen molar-refractivity contribution >= 4 is 11.3 Å². The van der Waals surface area contributed by atoms with E-state index >= 15 is 0 Å². The Labute approximate surface area is 157 Å². The van der Waals surface area contributed by atoms with Crippen LogP contribution in [0.4, 0.5) is 0 Å². The first-order valence-corrected chi connectivity index (χ1v) is 10.2. The molecule has 138 valence electrons. The van der Waals surface area contributed by atoms with E-state index in [9.17, 15) is 9.90 Å². The monoisotopic (exact) mass is 372 g/mol. The lowest BCUT2D eigenvalue weighted by Gasteiger charge is -2.29. The Morgan fingerprint density at radius 1 is 1.42 bits per heavy atom. The van der Waals surface area contributed by atoms with Gasteiger partial charge in [-0.05, 0) is 42.7 Å². The third-order valence-electron chi connectivity index (χ3n) is 5.48. The molecular formula is C21H24O4S. The summed E-state index contributed by atoms with van der Waals surface area (Å²) in [4.78, 5) is 14.1. The summed E-state index contributed by atoms with van der Waals surface area (Å²) in [7, 11) is 0. The SMILES string of the molecule is CCC(Cc1cccs1)c1cc(O)c(C2(CC3CC3)CC=CO2)c(=O)o1. The predicted molar refractivity (Wildman–Crippen MR) is 102 cm³/mol. The zero-order valence-corrected chi connectivity index (χ0v) is 15.8. The van der Waals surface area contributed by atoms with E-state index in [0.29, 0.717) is 18.1 Å². The minimum Gasteiger partial charge on any atom is -0.507 e. The van der Waals surface area contributed by atoms with Gasteiger partial charge in [-0.3, -0.25) is 0 Å². The van der Waals surface area contributed by atoms with Crippen LogP contribution in [-0.2, 0) is 16.8 Å². The van der Waals surface area contributed by atoms with Gasteiger partial charge in [0.2, 0.25) is 0 Å². The van der Waals surface area contributed by atoms with Gasteiger partial charge in [-0.15, -0.1) is 11.3 Å². The summed E-state index contributed by atoms with van der Waals surface area (Å²) in [6.45, 7) is 2.07. The van der Waals surface area contributed by atoms with Crippen molar-refractivity contribution in [2.45, 2.75) is 57.0 Å². The molecule has 26 heavy (non-hydrogen) atoms. The molecule has 1 saturated carbocycles. The predicted octanol–water partition coefficient (Wildman–Crippen LogP) is 5.07. The maximum absolute atomic E-state index is 12.8. The van der Waals surface area contributed by atoms with Crippen molar-refractivity contribution in [3.63, 3.8) is 0 Å². The topological polar surface area (TPSA) is 59.7 Å². The summed E-state index contributed by atoms with van der Waals surface area (Å²) >= 11 is 1.70. The van der Waals surface area contributed by atoms with Crippen LogP contribution in [0, 0.1) is 5.92 Å². The van der Waals surface area contributed by atoms with Crippen LogP contribution in [0.15, 0.2) is 45.1 Å². The second-order valence-corrected chi connectivity index (χ2v) is 8.45. The van der Waals surface area contributed by atoms with Crippen LogP contribution in [0.25, 0.3) is 0 Å². The van der Waals surface area contributed by atoms with Crippen molar-refractivity contribution in [3.8, 4) is 5.75 Å². The molecule has 0 radical (unpaired) electrons. The van der Waals surface area contributed by atoms with Gasteiger partial charge in [0.1, 0.15) is 22.7 Å². The molecule has 0 amide bonds. The van der Waals surface area contributed by atoms with E-state index in [0.717, 1.165) is 32.1 Å². The number of hydrogen-bond donors (Lipinski definition) is 1. The fraction of sp³-hybridized carbons (Fsp3) is 0.476. The lowest BCUT2D eigenvalue weighted by atomic mass is 9.86. The van der Waals surface area contributed by atoms with Gasteiger partial charge in [0, 0.05) is 23.3 Å². The average Bonchev–Trinajstić information content (AvgIpc) is 3.08. The van der Waals surface area contributed by atoms with Gasteiger partial charge in [-0.1, -0.05) is 25.8 Å². The van der Waals surface area contributed by atoms with E-state index in [1.54, 1.807) is 23.7 Å². The number of rotatable bonds is 7. The fourth-order valence-electron chi connectivity index (χ4n) is 3.89. The molecule has 0 aromatic carbocycles. The summed E-state index contributed by atoms with van der Waals surface area (Å²) in [6, 6.07) is 5.74. The van der Waals surface area contributed by atoms with Gasteiger partial charge in [0.25, 0.3) is 0 Å². The molecule has 1 N–H and O–H groups in total. The van der Waals surface area contributed by atoms with E-state index in [1.165, 1.54) is 4.88 Å². The van der Waals surface area contributed by atoms with Crippen LogP contribution in [-0.4, -0.2) is 5.11 Å². The van der Waals surface area contributed by atoms with E-state index in [-0.39, 0.29) is 17.2 Å². The standard InChI is InChI=1S/C21H24O4S/c1-2-15(11-16-5-3-10-26-16)18-12-17(22)19(20(23)25-18)21(8-4-9-24-21)13-14-6-7-14/h3-5,9-10,12,14-15,22H,2,6-8,11,13H2,1H3. The molecule has 0 bridgehead atoms. The molecule has 2 aromatic rings. The maximum atomic E-state index is 12.8. The highest BCUT2D eigenvalue weighted by Crippen LogP contribution is 2.48. The quantitative estimate of drug-likeness (QED) is 0.737. The molecule has 2 atom stereocenters. The number of ether oxygens (including phenoxy) is 1. The minimum atomic E-state index is -0.764. The van der Waals surface area contributed by atoms with Gasteiger partial charge >= 0.3 is 5.63 Å². The molecule has 1 aliphatic heterocycles. The van der Waals surface area contributed by atoms with E-state index in [2.05, 4.69) is 13.0 Å². The molecule has 0 spiro atoms. The van der Waals surface area contributed by atoms with Crippen LogP contribution in [0.1, 0.15) is 61.1 Å². The summed E-state index contributed by atoms with van der Waals surface area (Å²) < 4.78 is 11.6. The molecule has 4 rings (SSSR count). The van der Waals surface area contributed by atoms with Crippen molar-refractivity contribution in [3.05, 3.63) is 62.5 Å². The Kier molecular flexibility index (Phi) is 4.65. The average molecular weight is 372 g/mol. The smallest absolute Gasteiger partial charge is 0.347 e. The third kappa shape index (κ3) is 3.32. The van der Waals surface area contributed by atoms with Crippen molar-refractivity contribution in [1.82, 2.24) is 0 Å². The third-order valence-corrected chi connectivity index (χ3v) is 6.38. The van der Waals surface area contributed by atoms with Gasteiger partial charge in [-0.2, -0.15) is 0 Å². The van der Waals surface area contributed by atoms with Crippen LogP contribution < -0.4 is 5.63 Å². The van der Waals surface area contributed by atoms with Gasteiger partial charge in [-0.25, -0.2) is 4.79 Å².